The van der Waals surface area contributed by atoms with Crippen LogP contribution < -0.4 is 10.2 Å². The van der Waals surface area contributed by atoms with Crippen molar-refractivity contribution in [1.82, 2.24) is 30.1 Å². The number of carbonyl (C=O) groups is 2. The van der Waals surface area contributed by atoms with Gasteiger partial charge in [0.1, 0.15) is 36.4 Å². The van der Waals surface area contributed by atoms with Crippen LogP contribution in [-0.2, 0) is 30.0 Å². The van der Waals surface area contributed by atoms with Crippen molar-refractivity contribution in [1.29, 1.82) is 0 Å². The van der Waals surface area contributed by atoms with Gasteiger partial charge in [-0.25, -0.2) is 34.4 Å². The molecule has 3 rings (SSSR count). The van der Waals surface area contributed by atoms with E-state index >= 15 is 0 Å². The summed E-state index contributed by atoms with van der Waals surface area (Å²) in [5, 5.41) is 15.2. The fourth-order valence-corrected chi connectivity index (χ4v) is 4.13. The Balaban J connectivity index is 0.000000303. The average Bonchev–Trinajstić information content (AvgIpc) is 3.16. The van der Waals surface area contributed by atoms with Gasteiger partial charge >= 0.3 is 12.1 Å². The normalized spacial score (nSPS) is 18.0. The molecular weight excluding hydrogens is 560 g/mol. The second kappa shape index (κ2) is 14.8. The second-order valence-electron chi connectivity index (χ2n) is 11.9. The summed E-state index contributed by atoms with van der Waals surface area (Å²) in [5.41, 5.74) is 1.31. The maximum absolute atomic E-state index is 12.4. The number of ether oxygens (including phenoxy) is 2. The van der Waals surface area contributed by atoms with E-state index in [1.165, 1.54) is 46.0 Å². The van der Waals surface area contributed by atoms with Crippen LogP contribution in [0.4, 0.5) is 21.2 Å². The number of aliphatic hydroxyl groups is 1. The van der Waals surface area contributed by atoms with E-state index in [9.17, 15) is 14.7 Å². The number of aliphatic hydroxyl groups excluding tert-OH is 1. The predicted molar refractivity (Wildman–Crippen MR) is 159 cm³/mol. The molecule has 3 atom stereocenters. The quantitative estimate of drug-likeness (QED) is 0.334. The smallest absolute Gasteiger partial charge is 0.352 e. The number of rotatable bonds is 8. The van der Waals surface area contributed by atoms with Gasteiger partial charge in [-0.15, -0.1) is 0 Å². The molecule has 15 nitrogen and oxygen atoms in total. The van der Waals surface area contributed by atoms with Gasteiger partial charge in [-0.3, -0.25) is 15.0 Å². The van der Waals surface area contributed by atoms with Crippen LogP contribution in [0.1, 0.15) is 66.8 Å². The number of nitrogens with zero attached hydrogens (tertiary/aromatic N) is 7. The van der Waals surface area contributed by atoms with Crippen molar-refractivity contribution in [2.24, 2.45) is 0 Å². The third-order valence-corrected chi connectivity index (χ3v) is 6.62. The van der Waals surface area contributed by atoms with Gasteiger partial charge in [-0.2, -0.15) is 10.1 Å². The minimum Gasteiger partial charge on any atom is -0.371 e. The highest BCUT2D eigenvalue weighted by molar-refractivity contribution is 5.93. The van der Waals surface area contributed by atoms with Crippen LogP contribution in [0.25, 0.3) is 0 Å². The van der Waals surface area contributed by atoms with Gasteiger partial charge in [0, 0.05) is 37.2 Å². The fraction of sp³-hybridized carbons (Fsp3) is 0.643. The van der Waals surface area contributed by atoms with Crippen molar-refractivity contribution >= 4 is 23.7 Å². The van der Waals surface area contributed by atoms with Gasteiger partial charge in [-0.05, 0) is 13.8 Å². The molecule has 2 aromatic rings. The summed E-state index contributed by atoms with van der Waals surface area (Å²) in [6, 6.07) is 1.61. The number of hydroxylamine groups is 4. The third-order valence-electron chi connectivity index (χ3n) is 6.62. The number of hydrogen-bond donors (Lipinski definition) is 2. The molecule has 3 heterocycles. The van der Waals surface area contributed by atoms with E-state index < -0.39 is 36.7 Å². The number of urea groups is 2. The molecule has 3 unspecified atom stereocenters. The van der Waals surface area contributed by atoms with Gasteiger partial charge in [0.15, 0.2) is 12.5 Å². The monoisotopic (exact) mass is 606 g/mol. The molecule has 1 aliphatic rings. The van der Waals surface area contributed by atoms with Crippen LogP contribution in [0, 0.1) is 0 Å². The van der Waals surface area contributed by atoms with Crippen molar-refractivity contribution in [2.75, 3.05) is 38.7 Å². The summed E-state index contributed by atoms with van der Waals surface area (Å²) < 4.78 is 10.3. The highest BCUT2D eigenvalue weighted by Gasteiger charge is 2.45. The predicted octanol–water partition coefficient (Wildman–Crippen LogP) is 3.46. The molecule has 0 bridgehead atoms. The first-order valence-corrected chi connectivity index (χ1v) is 13.7. The zero-order valence-electron chi connectivity index (χ0n) is 27.1. The average molecular weight is 607 g/mol. The van der Waals surface area contributed by atoms with Crippen LogP contribution in [0.3, 0.4) is 0 Å². The number of methoxy groups -OCH3 is 2. The van der Waals surface area contributed by atoms with Crippen LogP contribution in [0.2, 0.25) is 0 Å². The van der Waals surface area contributed by atoms with Crippen LogP contribution in [0.5, 0.6) is 0 Å². The number of nitrogens with one attached hydrogen (secondary N) is 1. The summed E-state index contributed by atoms with van der Waals surface area (Å²) in [7, 11) is 5.79. The van der Waals surface area contributed by atoms with E-state index in [1.807, 2.05) is 41.5 Å². The molecular formula is C28H46N8O7. The highest BCUT2D eigenvalue weighted by Crippen LogP contribution is 2.29. The lowest BCUT2D eigenvalue weighted by atomic mass is 9.92. The minimum absolute atomic E-state index is 0.145. The van der Waals surface area contributed by atoms with E-state index in [2.05, 4.69) is 25.3 Å². The molecule has 0 spiro atoms. The van der Waals surface area contributed by atoms with E-state index in [4.69, 9.17) is 19.1 Å². The molecule has 0 aliphatic carbocycles. The number of anilines is 2. The molecule has 1 aliphatic heterocycles. The van der Waals surface area contributed by atoms with E-state index in [0.29, 0.717) is 11.6 Å². The van der Waals surface area contributed by atoms with Crippen molar-refractivity contribution in [3.05, 3.63) is 36.2 Å². The molecule has 15 heteroatoms. The van der Waals surface area contributed by atoms with Crippen molar-refractivity contribution in [3.63, 3.8) is 0 Å². The Labute approximate surface area is 253 Å². The van der Waals surface area contributed by atoms with Gasteiger partial charge in [-0.1, -0.05) is 41.5 Å². The Morgan fingerprint density at radius 3 is 1.95 bits per heavy atom. The molecule has 1 fully saturated rings. The molecule has 4 amide bonds. The number of hydrogen-bond acceptors (Lipinski definition) is 11. The first-order valence-electron chi connectivity index (χ1n) is 13.7. The van der Waals surface area contributed by atoms with Gasteiger partial charge in [0.25, 0.3) is 0 Å². The lowest BCUT2D eigenvalue weighted by Gasteiger charge is -2.30. The summed E-state index contributed by atoms with van der Waals surface area (Å²) in [5.74, 6) is 0.768. The van der Waals surface area contributed by atoms with Crippen molar-refractivity contribution < 1.29 is 33.8 Å². The standard InChI is InChI=1S/C15H26N4O4.C13H20N4O3/c1-10(13(21-5)22-6)19(23-7)14(20)18-12-8-11(15(2,3)4)16-9-17-12;1-8-11(18)16(12(19)17(8)20-5)10-6-9(13(2,3)4)14-7-15-10/h8-10,13H,1-7H3,(H,16,17,18,20);6-8,11,18H,1-5H3. The van der Waals surface area contributed by atoms with Crippen LogP contribution >= 0.6 is 0 Å². The molecule has 0 saturated carbocycles. The van der Waals surface area contributed by atoms with E-state index in [0.717, 1.165) is 21.5 Å². The van der Waals surface area contributed by atoms with Crippen molar-refractivity contribution in [2.45, 2.75) is 90.8 Å². The maximum Gasteiger partial charge on any atom is 0.352 e. The molecule has 0 aromatic carbocycles. The van der Waals surface area contributed by atoms with Crippen LogP contribution in [-0.4, -0.2) is 100 Å². The second-order valence-corrected chi connectivity index (χ2v) is 11.9. The van der Waals surface area contributed by atoms with E-state index in [-0.39, 0.29) is 10.8 Å². The molecule has 240 valence electrons. The summed E-state index contributed by atoms with van der Waals surface area (Å²) >= 11 is 0. The first-order chi connectivity index (χ1) is 20.0. The molecule has 0 radical (unpaired) electrons. The van der Waals surface area contributed by atoms with Gasteiger partial charge < -0.3 is 14.6 Å². The molecule has 2 aromatic heterocycles. The topological polar surface area (TPSA) is 165 Å². The number of carbonyl (C=O) groups excluding carboxylic acids is 2. The Kier molecular flexibility index (Phi) is 12.3. The third kappa shape index (κ3) is 8.76. The van der Waals surface area contributed by atoms with Gasteiger partial charge in [0.2, 0.25) is 0 Å². The van der Waals surface area contributed by atoms with Gasteiger partial charge in [0.05, 0.1) is 25.6 Å². The largest absolute Gasteiger partial charge is 0.371 e. The lowest BCUT2D eigenvalue weighted by Crippen LogP contribution is -2.47. The fourth-order valence-electron chi connectivity index (χ4n) is 4.13. The lowest BCUT2D eigenvalue weighted by molar-refractivity contribution is -0.201. The zero-order valence-corrected chi connectivity index (χ0v) is 27.1. The Bertz CT molecular complexity index is 1220. The Morgan fingerprint density at radius 1 is 0.953 bits per heavy atom. The SMILES string of the molecule is COC(OC)C(C)N(OC)C(=O)Nc1cc(C(C)(C)C)ncn1.CON1C(=O)N(c2cc(C(C)(C)C)ncn2)C(O)C1C. The first kappa shape index (κ1) is 35.7. The van der Waals surface area contributed by atoms with E-state index in [1.54, 1.807) is 26.0 Å². The summed E-state index contributed by atoms with van der Waals surface area (Å²) in [4.78, 5) is 52.6. The minimum atomic E-state index is -1.01. The molecule has 43 heavy (non-hydrogen) atoms. The van der Waals surface area contributed by atoms with Crippen LogP contribution in [0.15, 0.2) is 24.8 Å². The number of amides is 4. The van der Waals surface area contributed by atoms with Crippen molar-refractivity contribution in [3.8, 4) is 0 Å². The zero-order chi connectivity index (χ0) is 32.7. The summed E-state index contributed by atoms with van der Waals surface area (Å²) in [6.07, 6.45) is 1.20. The number of aromatic nitrogens is 4. The Hall–Kier alpha value is -3.50. The highest BCUT2D eigenvalue weighted by atomic mass is 16.7. The maximum atomic E-state index is 12.4. The molecule has 1 saturated heterocycles. The molecule has 2 N–H and O–H groups in total. The summed E-state index contributed by atoms with van der Waals surface area (Å²) in [6.45, 7) is 15.6. The Morgan fingerprint density at radius 2 is 1.49 bits per heavy atom.